The van der Waals surface area contributed by atoms with Gasteiger partial charge in [0.05, 0.1) is 6.61 Å². The number of rotatable bonds is 4. The van der Waals surface area contributed by atoms with Gasteiger partial charge in [-0.3, -0.25) is 0 Å². The predicted molar refractivity (Wildman–Crippen MR) is 49.0 cm³/mol. The van der Waals surface area contributed by atoms with Gasteiger partial charge in [-0.1, -0.05) is 6.92 Å². The highest BCUT2D eigenvalue weighted by atomic mass is 16.5. The van der Waals surface area contributed by atoms with E-state index in [1.165, 1.54) is 0 Å². The van der Waals surface area contributed by atoms with Crippen LogP contribution in [-0.4, -0.2) is 29.3 Å². The molecule has 1 rings (SSSR count). The van der Waals surface area contributed by atoms with Gasteiger partial charge in [0.2, 0.25) is 0 Å². The third kappa shape index (κ3) is 2.16. The summed E-state index contributed by atoms with van der Waals surface area (Å²) < 4.78 is 4.76. The van der Waals surface area contributed by atoms with Crippen molar-refractivity contribution in [3.63, 3.8) is 0 Å². The van der Waals surface area contributed by atoms with Crippen molar-refractivity contribution in [3.05, 3.63) is 0 Å². The van der Waals surface area contributed by atoms with Gasteiger partial charge < -0.3 is 15.2 Å². The number of alkyl carbamates (subject to hydrolysis) is 1. The lowest BCUT2D eigenvalue weighted by atomic mass is 9.77. The van der Waals surface area contributed by atoms with E-state index < -0.39 is 17.6 Å². The van der Waals surface area contributed by atoms with Crippen LogP contribution in [0.3, 0.4) is 0 Å². The molecule has 0 aliphatic heterocycles. The monoisotopic (exact) mass is 201 g/mol. The maximum absolute atomic E-state index is 11.1. The van der Waals surface area contributed by atoms with Crippen LogP contribution in [0.2, 0.25) is 0 Å². The summed E-state index contributed by atoms with van der Waals surface area (Å²) in [5.74, 6) is -0.975. The average molecular weight is 201 g/mol. The summed E-state index contributed by atoms with van der Waals surface area (Å²) in [4.78, 5) is 22.0. The van der Waals surface area contributed by atoms with Gasteiger partial charge in [0.25, 0.3) is 0 Å². The maximum atomic E-state index is 11.1. The highest BCUT2D eigenvalue weighted by molar-refractivity contribution is 5.85. The summed E-state index contributed by atoms with van der Waals surface area (Å²) in [5.41, 5.74) is -1.06. The van der Waals surface area contributed by atoms with Crippen molar-refractivity contribution in [1.29, 1.82) is 0 Å². The minimum absolute atomic E-state index is 0.321. The first-order valence-electron chi connectivity index (χ1n) is 4.79. The number of amides is 1. The SMILES string of the molecule is CCCOC(=O)NC1(C(=O)O)CCC1. The summed E-state index contributed by atoms with van der Waals surface area (Å²) in [6.07, 6.45) is 1.91. The Labute approximate surface area is 82.4 Å². The molecule has 0 atom stereocenters. The van der Waals surface area contributed by atoms with Gasteiger partial charge in [-0.05, 0) is 25.7 Å². The molecule has 0 aromatic heterocycles. The molecule has 14 heavy (non-hydrogen) atoms. The molecule has 1 amide bonds. The first-order chi connectivity index (χ1) is 6.60. The largest absolute Gasteiger partial charge is 0.480 e. The molecule has 5 heteroatoms. The van der Waals surface area contributed by atoms with Crippen LogP contribution >= 0.6 is 0 Å². The number of carbonyl (C=O) groups is 2. The molecule has 1 saturated carbocycles. The summed E-state index contributed by atoms with van der Waals surface area (Å²) >= 11 is 0. The molecule has 0 aromatic carbocycles. The van der Waals surface area contributed by atoms with Crippen LogP contribution in [0.1, 0.15) is 32.6 Å². The smallest absolute Gasteiger partial charge is 0.408 e. The lowest BCUT2D eigenvalue weighted by Crippen LogP contribution is -2.59. The van der Waals surface area contributed by atoms with Crippen molar-refractivity contribution in [1.82, 2.24) is 5.32 Å². The Morgan fingerprint density at radius 2 is 2.14 bits per heavy atom. The third-order valence-corrected chi connectivity index (χ3v) is 2.40. The van der Waals surface area contributed by atoms with Crippen LogP contribution in [0.4, 0.5) is 4.79 Å². The van der Waals surface area contributed by atoms with Gasteiger partial charge in [-0.15, -0.1) is 0 Å². The lowest BCUT2D eigenvalue weighted by Gasteiger charge is -2.37. The zero-order chi connectivity index (χ0) is 10.6. The molecule has 5 nitrogen and oxygen atoms in total. The minimum atomic E-state index is -1.06. The van der Waals surface area contributed by atoms with E-state index in [-0.39, 0.29) is 0 Å². The first-order valence-corrected chi connectivity index (χ1v) is 4.79. The van der Waals surface area contributed by atoms with Crippen LogP contribution in [0.15, 0.2) is 0 Å². The van der Waals surface area contributed by atoms with E-state index in [4.69, 9.17) is 9.84 Å². The second kappa shape index (κ2) is 4.30. The Balaban J connectivity index is 2.41. The number of hydrogen-bond donors (Lipinski definition) is 2. The fourth-order valence-electron chi connectivity index (χ4n) is 1.35. The highest BCUT2D eigenvalue weighted by Crippen LogP contribution is 2.31. The number of carboxylic acid groups (broad SMARTS) is 1. The highest BCUT2D eigenvalue weighted by Gasteiger charge is 2.46. The van der Waals surface area contributed by atoms with E-state index in [1.807, 2.05) is 6.92 Å². The zero-order valence-corrected chi connectivity index (χ0v) is 8.21. The second-order valence-corrected chi connectivity index (χ2v) is 3.50. The van der Waals surface area contributed by atoms with Crippen molar-refractivity contribution in [3.8, 4) is 0 Å². The standard InChI is InChI=1S/C9H15NO4/c1-2-6-14-8(13)10-9(7(11)12)4-3-5-9/h2-6H2,1H3,(H,10,13)(H,11,12). The maximum Gasteiger partial charge on any atom is 0.408 e. The molecule has 1 fully saturated rings. The molecule has 0 heterocycles. The lowest BCUT2D eigenvalue weighted by molar-refractivity contribution is -0.148. The molecule has 0 saturated heterocycles. The fraction of sp³-hybridized carbons (Fsp3) is 0.778. The van der Waals surface area contributed by atoms with Crippen LogP contribution in [0.25, 0.3) is 0 Å². The zero-order valence-electron chi connectivity index (χ0n) is 8.21. The van der Waals surface area contributed by atoms with Gasteiger partial charge in [-0.2, -0.15) is 0 Å². The molecule has 0 spiro atoms. The number of nitrogens with one attached hydrogen (secondary N) is 1. The van der Waals surface area contributed by atoms with Gasteiger partial charge in [-0.25, -0.2) is 9.59 Å². The second-order valence-electron chi connectivity index (χ2n) is 3.50. The van der Waals surface area contributed by atoms with E-state index in [0.29, 0.717) is 19.4 Å². The van der Waals surface area contributed by atoms with E-state index in [0.717, 1.165) is 12.8 Å². The van der Waals surface area contributed by atoms with Crippen molar-refractivity contribution in [2.45, 2.75) is 38.1 Å². The predicted octanol–water partition coefficient (Wildman–Crippen LogP) is 1.13. The van der Waals surface area contributed by atoms with Crippen LogP contribution in [0.5, 0.6) is 0 Å². The minimum Gasteiger partial charge on any atom is -0.480 e. The molecular formula is C9H15NO4. The molecule has 80 valence electrons. The van der Waals surface area contributed by atoms with Gasteiger partial charge in [0.1, 0.15) is 5.54 Å². The Morgan fingerprint density at radius 3 is 2.50 bits per heavy atom. The van der Waals surface area contributed by atoms with Crippen molar-refractivity contribution in [2.24, 2.45) is 0 Å². The van der Waals surface area contributed by atoms with E-state index in [9.17, 15) is 9.59 Å². The quantitative estimate of drug-likeness (QED) is 0.714. The molecule has 0 unspecified atom stereocenters. The van der Waals surface area contributed by atoms with Crippen LogP contribution < -0.4 is 5.32 Å². The Kier molecular flexibility index (Phi) is 3.33. The number of hydrogen-bond acceptors (Lipinski definition) is 3. The van der Waals surface area contributed by atoms with E-state index in [1.54, 1.807) is 0 Å². The molecule has 0 bridgehead atoms. The normalized spacial score (nSPS) is 18.1. The van der Waals surface area contributed by atoms with Crippen molar-refractivity contribution in [2.75, 3.05) is 6.61 Å². The first kappa shape index (κ1) is 10.8. The van der Waals surface area contributed by atoms with Crippen LogP contribution in [0, 0.1) is 0 Å². The van der Waals surface area contributed by atoms with Gasteiger partial charge in [0, 0.05) is 0 Å². The third-order valence-electron chi connectivity index (χ3n) is 2.40. The molecule has 1 aliphatic rings. The molecule has 0 aromatic rings. The molecule has 2 N–H and O–H groups in total. The summed E-state index contributed by atoms with van der Waals surface area (Å²) in [7, 11) is 0. The topological polar surface area (TPSA) is 75.6 Å². The van der Waals surface area contributed by atoms with Crippen molar-refractivity contribution < 1.29 is 19.4 Å². The van der Waals surface area contributed by atoms with Gasteiger partial charge >= 0.3 is 12.1 Å². The summed E-state index contributed by atoms with van der Waals surface area (Å²) in [5, 5.41) is 11.3. The van der Waals surface area contributed by atoms with Crippen molar-refractivity contribution >= 4 is 12.1 Å². The fourth-order valence-corrected chi connectivity index (χ4v) is 1.35. The Hall–Kier alpha value is -1.26. The number of ether oxygens (including phenoxy) is 1. The number of aliphatic carboxylic acids is 1. The van der Waals surface area contributed by atoms with E-state index in [2.05, 4.69) is 5.32 Å². The Morgan fingerprint density at radius 1 is 1.50 bits per heavy atom. The van der Waals surface area contributed by atoms with Gasteiger partial charge in [0.15, 0.2) is 0 Å². The number of carbonyl (C=O) groups excluding carboxylic acids is 1. The summed E-state index contributed by atoms with van der Waals surface area (Å²) in [6.45, 7) is 2.20. The molecule has 1 aliphatic carbocycles. The molecule has 0 radical (unpaired) electrons. The molecular weight excluding hydrogens is 186 g/mol. The van der Waals surface area contributed by atoms with E-state index >= 15 is 0 Å². The summed E-state index contributed by atoms with van der Waals surface area (Å²) in [6, 6.07) is 0. The average Bonchev–Trinajstić information content (AvgIpc) is 2.07. The Bertz CT molecular complexity index is 235. The van der Waals surface area contributed by atoms with Crippen LogP contribution in [-0.2, 0) is 9.53 Å². The number of carboxylic acids is 1.